The predicted molar refractivity (Wildman–Crippen MR) is 86.9 cm³/mol. The first-order chi connectivity index (χ1) is 12.2. The normalized spacial score (nSPS) is 16.6. The molecule has 9 heteroatoms. The SMILES string of the molecule is COc1cc(CNc2nc(F)nc3c2ncn3C2CCO2)ccc1O. The average molecular weight is 345 g/mol. The molecule has 0 saturated carbocycles. The zero-order chi connectivity index (χ0) is 17.4. The summed E-state index contributed by atoms with van der Waals surface area (Å²) in [4.78, 5) is 11.9. The van der Waals surface area contributed by atoms with Gasteiger partial charge < -0.3 is 19.9 Å². The lowest BCUT2D eigenvalue weighted by atomic mass is 10.2. The maximum Gasteiger partial charge on any atom is 0.312 e. The van der Waals surface area contributed by atoms with Crippen molar-refractivity contribution < 1.29 is 19.0 Å². The highest BCUT2D eigenvalue weighted by Crippen LogP contribution is 2.29. The molecule has 0 radical (unpaired) electrons. The molecule has 0 bridgehead atoms. The van der Waals surface area contributed by atoms with Crippen LogP contribution in [0, 0.1) is 6.08 Å². The van der Waals surface area contributed by atoms with Crippen molar-refractivity contribution in [2.24, 2.45) is 0 Å². The molecule has 1 aliphatic heterocycles. The molecular weight excluding hydrogens is 329 g/mol. The molecule has 8 nitrogen and oxygen atoms in total. The number of phenolic OH excluding ortho intramolecular Hbond substituents is 1. The van der Waals surface area contributed by atoms with Gasteiger partial charge in [-0.1, -0.05) is 6.07 Å². The first-order valence-electron chi connectivity index (χ1n) is 7.77. The minimum absolute atomic E-state index is 0.0564. The van der Waals surface area contributed by atoms with Crippen LogP contribution in [0.3, 0.4) is 0 Å². The number of aromatic hydroxyl groups is 1. The maximum absolute atomic E-state index is 13.8. The summed E-state index contributed by atoms with van der Waals surface area (Å²) in [5.74, 6) is 0.721. The van der Waals surface area contributed by atoms with E-state index in [2.05, 4.69) is 20.3 Å². The monoisotopic (exact) mass is 345 g/mol. The molecule has 1 atom stereocenters. The molecule has 3 aromatic rings. The number of hydrogen-bond acceptors (Lipinski definition) is 7. The van der Waals surface area contributed by atoms with E-state index in [1.807, 2.05) is 0 Å². The Hall–Kier alpha value is -2.94. The molecule has 1 saturated heterocycles. The molecule has 0 spiro atoms. The first-order valence-corrected chi connectivity index (χ1v) is 7.77. The molecular formula is C16H16FN5O3. The lowest BCUT2D eigenvalue weighted by molar-refractivity contribution is -0.0974. The number of imidazole rings is 1. The summed E-state index contributed by atoms with van der Waals surface area (Å²) >= 11 is 0. The standard InChI is InChI=1S/C16H16FN5O3/c1-24-11-6-9(2-3-10(11)23)7-18-14-13-15(21-16(17)20-14)22(8-19-13)12-4-5-25-12/h2-3,6,8,12,23H,4-5,7H2,1H3,(H,18,20,21). The summed E-state index contributed by atoms with van der Waals surface area (Å²) in [7, 11) is 1.48. The Labute approximate surface area is 142 Å². The molecule has 130 valence electrons. The topological polar surface area (TPSA) is 94.3 Å². The van der Waals surface area contributed by atoms with E-state index < -0.39 is 6.08 Å². The zero-order valence-electron chi connectivity index (χ0n) is 13.4. The molecule has 3 heterocycles. The van der Waals surface area contributed by atoms with Gasteiger partial charge in [-0.3, -0.25) is 4.57 Å². The van der Waals surface area contributed by atoms with E-state index in [1.165, 1.54) is 13.2 Å². The second-order valence-corrected chi connectivity index (χ2v) is 5.64. The van der Waals surface area contributed by atoms with Gasteiger partial charge in [0.25, 0.3) is 0 Å². The molecule has 0 aliphatic carbocycles. The van der Waals surface area contributed by atoms with Crippen LogP contribution in [0.2, 0.25) is 0 Å². The average Bonchev–Trinajstić information content (AvgIpc) is 2.96. The van der Waals surface area contributed by atoms with Crippen LogP contribution < -0.4 is 10.1 Å². The lowest BCUT2D eigenvalue weighted by Crippen LogP contribution is -2.24. The molecule has 4 rings (SSSR count). The Morgan fingerprint density at radius 1 is 1.44 bits per heavy atom. The van der Waals surface area contributed by atoms with E-state index >= 15 is 0 Å². The quantitative estimate of drug-likeness (QED) is 0.685. The number of benzene rings is 1. The Bertz CT molecular complexity index is 926. The van der Waals surface area contributed by atoms with Crippen molar-refractivity contribution >= 4 is 17.0 Å². The predicted octanol–water partition coefficient (Wildman–Crippen LogP) is 2.21. The number of fused-ring (bicyclic) bond motifs is 1. The minimum Gasteiger partial charge on any atom is -0.504 e. The summed E-state index contributed by atoms with van der Waals surface area (Å²) in [6, 6.07) is 4.97. The fourth-order valence-corrected chi connectivity index (χ4v) is 2.68. The van der Waals surface area contributed by atoms with E-state index in [0.717, 1.165) is 12.0 Å². The number of rotatable bonds is 5. The van der Waals surface area contributed by atoms with E-state index in [0.29, 0.717) is 35.9 Å². The third kappa shape index (κ3) is 2.82. The van der Waals surface area contributed by atoms with Gasteiger partial charge in [0.05, 0.1) is 20.0 Å². The summed E-state index contributed by atoms with van der Waals surface area (Å²) < 4.78 is 26.0. The van der Waals surface area contributed by atoms with Gasteiger partial charge in [-0.2, -0.15) is 14.4 Å². The summed E-state index contributed by atoms with van der Waals surface area (Å²) in [5.41, 5.74) is 1.70. The maximum atomic E-state index is 13.8. The van der Waals surface area contributed by atoms with Crippen molar-refractivity contribution in [2.75, 3.05) is 19.0 Å². The van der Waals surface area contributed by atoms with Gasteiger partial charge in [-0.15, -0.1) is 0 Å². The Kier molecular flexibility index (Phi) is 3.85. The number of nitrogens with zero attached hydrogens (tertiary/aromatic N) is 4. The van der Waals surface area contributed by atoms with Crippen LogP contribution in [-0.2, 0) is 11.3 Å². The second-order valence-electron chi connectivity index (χ2n) is 5.64. The Morgan fingerprint density at radius 3 is 3.00 bits per heavy atom. The van der Waals surface area contributed by atoms with E-state index in [4.69, 9.17) is 9.47 Å². The van der Waals surface area contributed by atoms with Gasteiger partial charge >= 0.3 is 6.08 Å². The van der Waals surface area contributed by atoms with Crippen LogP contribution in [-0.4, -0.2) is 38.3 Å². The third-order valence-corrected chi connectivity index (χ3v) is 4.08. The van der Waals surface area contributed by atoms with E-state index in [9.17, 15) is 9.50 Å². The van der Waals surface area contributed by atoms with Crippen molar-refractivity contribution in [3.8, 4) is 11.5 Å². The number of methoxy groups -OCH3 is 1. The highest BCUT2D eigenvalue weighted by atomic mass is 19.1. The second kappa shape index (κ2) is 6.17. The van der Waals surface area contributed by atoms with Gasteiger partial charge in [0, 0.05) is 13.0 Å². The van der Waals surface area contributed by atoms with Crippen molar-refractivity contribution in [3.63, 3.8) is 0 Å². The number of nitrogens with one attached hydrogen (secondary N) is 1. The summed E-state index contributed by atoms with van der Waals surface area (Å²) in [6.45, 7) is 1.03. The molecule has 1 aliphatic rings. The van der Waals surface area contributed by atoms with Gasteiger partial charge in [0.1, 0.15) is 6.23 Å². The van der Waals surface area contributed by atoms with Crippen LogP contribution in [0.4, 0.5) is 10.2 Å². The van der Waals surface area contributed by atoms with Crippen LogP contribution >= 0.6 is 0 Å². The Morgan fingerprint density at radius 2 is 2.28 bits per heavy atom. The van der Waals surface area contributed by atoms with Crippen LogP contribution in [0.1, 0.15) is 18.2 Å². The number of aromatic nitrogens is 4. The van der Waals surface area contributed by atoms with E-state index in [1.54, 1.807) is 23.0 Å². The van der Waals surface area contributed by atoms with Crippen LogP contribution in [0.5, 0.6) is 11.5 Å². The fraction of sp³-hybridized carbons (Fsp3) is 0.312. The van der Waals surface area contributed by atoms with Gasteiger partial charge in [-0.05, 0) is 17.7 Å². The van der Waals surface area contributed by atoms with Crippen LogP contribution in [0.25, 0.3) is 11.2 Å². The largest absolute Gasteiger partial charge is 0.504 e. The molecule has 1 aromatic carbocycles. The zero-order valence-corrected chi connectivity index (χ0v) is 13.4. The third-order valence-electron chi connectivity index (χ3n) is 4.08. The molecule has 0 amide bonds. The van der Waals surface area contributed by atoms with Crippen molar-refractivity contribution in [2.45, 2.75) is 19.2 Å². The first kappa shape index (κ1) is 15.6. The number of anilines is 1. The van der Waals surface area contributed by atoms with Crippen molar-refractivity contribution in [1.29, 1.82) is 0 Å². The van der Waals surface area contributed by atoms with Crippen molar-refractivity contribution in [3.05, 3.63) is 36.2 Å². The molecule has 2 aromatic heterocycles. The van der Waals surface area contributed by atoms with Crippen LogP contribution in [0.15, 0.2) is 24.5 Å². The van der Waals surface area contributed by atoms with E-state index in [-0.39, 0.29) is 12.0 Å². The van der Waals surface area contributed by atoms with Crippen molar-refractivity contribution in [1.82, 2.24) is 19.5 Å². The molecule has 2 N–H and O–H groups in total. The minimum atomic E-state index is -0.834. The van der Waals surface area contributed by atoms with Gasteiger partial charge in [0.2, 0.25) is 0 Å². The molecule has 1 fully saturated rings. The molecule has 25 heavy (non-hydrogen) atoms. The summed E-state index contributed by atoms with van der Waals surface area (Å²) in [6.07, 6.45) is 1.43. The molecule has 1 unspecified atom stereocenters. The van der Waals surface area contributed by atoms with Gasteiger partial charge in [0.15, 0.2) is 28.5 Å². The highest BCUT2D eigenvalue weighted by Gasteiger charge is 2.24. The highest BCUT2D eigenvalue weighted by molar-refractivity contribution is 5.82. The number of halogens is 1. The Balaban J connectivity index is 1.62. The number of ether oxygens (including phenoxy) is 2. The lowest BCUT2D eigenvalue weighted by Gasteiger charge is -2.27. The summed E-state index contributed by atoms with van der Waals surface area (Å²) in [5, 5.41) is 12.7. The number of phenols is 1. The number of hydrogen-bond donors (Lipinski definition) is 2. The smallest absolute Gasteiger partial charge is 0.312 e. The van der Waals surface area contributed by atoms with Gasteiger partial charge in [-0.25, -0.2) is 4.98 Å². The fourth-order valence-electron chi connectivity index (χ4n) is 2.68.